The number of halogens is 1. The number of benzene rings is 1. The summed E-state index contributed by atoms with van der Waals surface area (Å²) in [6.07, 6.45) is 1.53. The summed E-state index contributed by atoms with van der Waals surface area (Å²) in [7, 11) is 0. The van der Waals surface area contributed by atoms with E-state index in [-0.39, 0.29) is 6.04 Å². The molecule has 32 heavy (non-hydrogen) atoms. The van der Waals surface area contributed by atoms with Gasteiger partial charge in [0.05, 0.1) is 18.8 Å². The van der Waals surface area contributed by atoms with E-state index < -0.39 is 35.6 Å². The molecule has 0 N–H and O–H groups in total. The molecule has 1 aromatic carbocycles. The molecule has 3 heterocycles. The van der Waals surface area contributed by atoms with Gasteiger partial charge >= 0.3 is 5.69 Å². The van der Waals surface area contributed by atoms with E-state index in [1.165, 1.54) is 0 Å². The summed E-state index contributed by atoms with van der Waals surface area (Å²) in [5.74, 6) is -1.51. The van der Waals surface area contributed by atoms with Crippen LogP contribution in [0.2, 0.25) is 0 Å². The van der Waals surface area contributed by atoms with Crippen LogP contribution < -0.4 is 11.2 Å². The number of aromatic nitrogens is 3. The Morgan fingerprint density at radius 3 is 2.59 bits per heavy atom. The molecule has 0 saturated carbocycles. The molecule has 0 bridgehead atoms. The lowest BCUT2D eigenvalue weighted by Crippen LogP contribution is -2.43. The standard InChI is InChI=1S/C24H26FN3O4/c1-15-12-19(17(3)28(15)16(2)18-8-5-4-6-9-18)21(29)14-27-23(30)20(25)13-26(24(27)31)22-10-7-11-32-22/h4-6,8-9,12-13,16,22H,7,10-11,14H2,1-3H3/t16-,22+/m1/s1. The average molecular weight is 439 g/mol. The molecule has 1 aliphatic heterocycles. The van der Waals surface area contributed by atoms with Crippen molar-refractivity contribution in [2.45, 2.75) is 52.4 Å². The van der Waals surface area contributed by atoms with Crippen molar-refractivity contribution in [1.82, 2.24) is 13.7 Å². The number of ketones is 1. The number of rotatable bonds is 6. The Morgan fingerprint density at radius 1 is 1.22 bits per heavy atom. The molecule has 0 amide bonds. The maximum Gasteiger partial charge on any atom is 0.333 e. The van der Waals surface area contributed by atoms with E-state index in [0.717, 1.165) is 34.1 Å². The van der Waals surface area contributed by atoms with E-state index in [9.17, 15) is 18.8 Å². The van der Waals surface area contributed by atoms with Crippen LogP contribution in [0.25, 0.3) is 0 Å². The van der Waals surface area contributed by atoms with Crippen LogP contribution in [-0.4, -0.2) is 26.1 Å². The second kappa shape index (κ2) is 8.70. The summed E-state index contributed by atoms with van der Waals surface area (Å²) in [6, 6.07) is 11.6. The van der Waals surface area contributed by atoms with E-state index in [1.54, 1.807) is 6.07 Å². The predicted octanol–water partition coefficient (Wildman–Crippen LogP) is 3.37. The quantitative estimate of drug-likeness (QED) is 0.552. The zero-order valence-electron chi connectivity index (χ0n) is 18.4. The van der Waals surface area contributed by atoms with Gasteiger partial charge in [0.15, 0.2) is 5.78 Å². The third-order valence-electron chi connectivity index (χ3n) is 6.13. The molecule has 168 valence electrons. The number of carbonyl (C=O) groups excluding carboxylic acids is 1. The molecule has 0 aliphatic carbocycles. The van der Waals surface area contributed by atoms with Crippen LogP contribution in [0.1, 0.15) is 59.3 Å². The number of carbonyl (C=O) groups is 1. The van der Waals surface area contributed by atoms with Crippen molar-refractivity contribution in [3.63, 3.8) is 0 Å². The van der Waals surface area contributed by atoms with Gasteiger partial charge in [0.2, 0.25) is 5.82 Å². The van der Waals surface area contributed by atoms with Crippen LogP contribution in [0.4, 0.5) is 4.39 Å². The Bertz CT molecular complexity index is 1270. The average Bonchev–Trinajstić information content (AvgIpc) is 3.42. The van der Waals surface area contributed by atoms with Gasteiger partial charge in [-0.15, -0.1) is 0 Å². The van der Waals surface area contributed by atoms with Gasteiger partial charge in [-0.1, -0.05) is 30.3 Å². The molecule has 0 spiro atoms. The molecule has 1 fully saturated rings. The summed E-state index contributed by atoms with van der Waals surface area (Å²) in [4.78, 5) is 38.4. The Labute approximate surface area is 184 Å². The summed E-state index contributed by atoms with van der Waals surface area (Å²) < 4.78 is 23.5. The molecule has 0 radical (unpaired) electrons. The number of Topliss-reactive ketones (excluding diaryl/α,β-unsaturated/α-hetero) is 1. The summed E-state index contributed by atoms with van der Waals surface area (Å²) in [6.45, 7) is 5.70. The highest BCUT2D eigenvalue weighted by Crippen LogP contribution is 2.26. The molecule has 7 nitrogen and oxygen atoms in total. The van der Waals surface area contributed by atoms with Crippen molar-refractivity contribution < 1.29 is 13.9 Å². The van der Waals surface area contributed by atoms with Crippen molar-refractivity contribution in [2.75, 3.05) is 6.61 Å². The lowest BCUT2D eigenvalue weighted by Gasteiger charge is -2.19. The van der Waals surface area contributed by atoms with Crippen LogP contribution in [0.15, 0.2) is 52.2 Å². The predicted molar refractivity (Wildman–Crippen MR) is 118 cm³/mol. The second-order valence-electron chi connectivity index (χ2n) is 8.19. The molecule has 4 rings (SSSR count). The van der Waals surface area contributed by atoms with Crippen molar-refractivity contribution >= 4 is 5.78 Å². The van der Waals surface area contributed by atoms with Gasteiger partial charge in [0.25, 0.3) is 5.56 Å². The topological polar surface area (TPSA) is 75.2 Å². The summed E-state index contributed by atoms with van der Waals surface area (Å²) in [5.41, 5.74) is 1.25. The number of hydrogen-bond acceptors (Lipinski definition) is 4. The third kappa shape index (κ3) is 3.86. The normalized spacial score (nSPS) is 16.9. The number of aryl methyl sites for hydroxylation is 1. The molecule has 1 saturated heterocycles. The highest BCUT2D eigenvalue weighted by Gasteiger charge is 2.25. The van der Waals surface area contributed by atoms with Crippen LogP contribution in [0, 0.1) is 19.7 Å². The Morgan fingerprint density at radius 2 is 1.94 bits per heavy atom. The van der Waals surface area contributed by atoms with Gasteiger partial charge in [0, 0.05) is 23.6 Å². The third-order valence-corrected chi connectivity index (χ3v) is 6.13. The number of nitrogens with zero attached hydrogens (tertiary/aromatic N) is 3. The molecule has 1 aliphatic rings. The first kappa shape index (κ1) is 22.0. The molecule has 0 unspecified atom stereocenters. The minimum atomic E-state index is -1.11. The van der Waals surface area contributed by atoms with Gasteiger partial charge in [0.1, 0.15) is 6.23 Å². The highest BCUT2D eigenvalue weighted by atomic mass is 19.1. The lowest BCUT2D eigenvalue weighted by atomic mass is 10.1. The fourth-order valence-electron chi connectivity index (χ4n) is 4.48. The highest BCUT2D eigenvalue weighted by molar-refractivity contribution is 5.97. The molecular formula is C24H26FN3O4. The smallest absolute Gasteiger partial charge is 0.333 e. The first-order chi connectivity index (χ1) is 15.3. The van der Waals surface area contributed by atoms with Crippen molar-refractivity contribution in [3.05, 3.63) is 91.8 Å². The van der Waals surface area contributed by atoms with Crippen LogP contribution in [0.5, 0.6) is 0 Å². The number of ether oxygens (including phenoxy) is 1. The van der Waals surface area contributed by atoms with Crippen molar-refractivity contribution in [2.24, 2.45) is 0 Å². The number of hydrogen-bond donors (Lipinski definition) is 0. The summed E-state index contributed by atoms with van der Waals surface area (Å²) in [5, 5.41) is 0. The van der Waals surface area contributed by atoms with Gasteiger partial charge in [-0.2, -0.15) is 4.39 Å². The molecule has 2 aromatic heterocycles. The zero-order chi connectivity index (χ0) is 23.0. The molecule has 8 heteroatoms. The minimum absolute atomic E-state index is 0.00798. The Hall–Kier alpha value is -3.26. The van der Waals surface area contributed by atoms with E-state index >= 15 is 0 Å². The molecule has 3 aromatic rings. The second-order valence-corrected chi connectivity index (χ2v) is 8.19. The largest absolute Gasteiger partial charge is 0.358 e. The Kier molecular flexibility index (Phi) is 5.97. The van der Waals surface area contributed by atoms with Gasteiger partial charge in [-0.25, -0.2) is 9.36 Å². The SMILES string of the molecule is Cc1cc(C(=O)Cn2c(=O)c(F)cn([C@@H]3CCCO3)c2=O)c(C)n1[C@H](C)c1ccccc1. The van der Waals surface area contributed by atoms with Gasteiger partial charge in [-0.05, 0) is 45.2 Å². The fraction of sp³-hybridized carbons (Fsp3) is 0.375. The van der Waals surface area contributed by atoms with Crippen molar-refractivity contribution in [3.8, 4) is 0 Å². The van der Waals surface area contributed by atoms with E-state index in [0.29, 0.717) is 23.2 Å². The lowest BCUT2D eigenvalue weighted by molar-refractivity contribution is 0.0501. The van der Waals surface area contributed by atoms with Gasteiger partial charge in [-0.3, -0.25) is 14.2 Å². The van der Waals surface area contributed by atoms with E-state index in [2.05, 4.69) is 0 Å². The van der Waals surface area contributed by atoms with Gasteiger partial charge < -0.3 is 9.30 Å². The first-order valence-electron chi connectivity index (χ1n) is 10.7. The molecule has 2 atom stereocenters. The Balaban J connectivity index is 1.69. The van der Waals surface area contributed by atoms with E-state index in [4.69, 9.17) is 4.74 Å². The maximum absolute atomic E-state index is 14.3. The van der Waals surface area contributed by atoms with Crippen LogP contribution >= 0.6 is 0 Å². The maximum atomic E-state index is 14.3. The van der Waals surface area contributed by atoms with E-state index in [1.807, 2.05) is 55.7 Å². The van der Waals surface area contributed by atoms with Crippen LogP contribution in [-0.2, 0) is 11.3 Å². The zero-order valence-corrected chi connectivity index (χ0v) is 18.4. The van der Waals surface area contributed by atoms with Crippen LogP contribution in [0.3, 0.4) is 0 Å². The molecular weight excluding hydrogens is 413 g/mol. The summed E-state index contributed by atoms with van der Waals surface area (Å²) >= 11 is 0. The fourth-order valence-corrected chi connectivity index (χ4v) is 4.48. The first-order valence-corrected chi connectivity index (χ1v) is 10.7. The van der Waals surface area contributed by atoms with Crippen molar-refractivity contribution in [1.29, 1.82) is 0 Å². The monoisotopic (exact) mass is 439 g/mol. The minimum Gasteiger partial charge on any atom is -0.358 e.